The summed E-state index contributed by atoms with van der Waals surface area (Å²) in [5.74, 6) is 0.947. The van der Waals surface area contributed by atoms with Gasteiger partial charge in [-0.1, -0.05) is 39.8 Å². The van der Waals surface area contributed by atoms with Gasteiger partial charge in [-0.2, -0.15) is 4.98 Å². The molecular weight excluding hydrogens is 244 g/mol. The maximum absolute atomic E-state index is 11.7. The van der Waals surface area contributed by atoms with Crippen molar-refractivity contribution in [2.45, 2.75) is 54.1 Å². The van der Waals surface area contributed by atoms with E-state index in [1.54, 1.807) is 0 Å². The molecule has 1 atom stereocenters. The molecule has 108 valence electrons. The summed E-state index contributed by atoms with van der Waals surface area (Å²) in [5.41, 5.74) is -0.126. The highest BCUT2D eigenvalue weighted by Gasteiger charge is 2.31. The van der Waals surface area contributed by atoms with Crippen molar-refractivity contribution in [3.63, 3.8) is 0 Å². The fraction of sp³-hybridized carbons (Fsp3) is 0.786. The maximum Gasteiger partial charge on any atom is 0.234 e. The van der Waals surface area contributed by atoms with Crippen LogP contribution in [0.4, 0.5) is 0 Å². The summed E-state index contributed by atoms with van der Waals surface area (Å²) in [7, 11) is 0. The van der Waals surface area contributed by atoms with Crippen LogP contribution in [0.3, 0.4) is 0 Å². The Labute approximate surface area is 114 Å². The number of carbonyl (C=O) groups excluding carboxylic acids is 1. The minimum absolute atomic E-state index is 0.0272. The van der Waals surface area contributed by atoms with Crippen molar-refractivity contribution >= 4 is 5.78 Å². The maximum atomic E-state index is 11.7. The lowest BCUT2D eigenvalue weighted by atomic mass is 9.88. The molecular formula is C14H24N2O3. The number of aromatic nitrogens is 2. The van der Waals surface area contributed by atoms with Crippen molar-refractivity contribution in [3.8, 4) is 0 Å². The second kappa shape index (κ2) is 6.28. The summed E-state index contributed by atoms with van der Waals surface area (Å²) in [4.78, 5) is 15.9. The molecule has 0 bridgehead atoms. The number of hydrogen-bond acceptors (Lipinski definition) is 5. The number of ether oxygens (including phenoxy) is 1. The largest absolute Gasteiger partial charge is 0.370 e. The number of rotatable bonds is 6. The molecule has 5 heteroatoms. The molecule has 19 heavy (non-hydrogen) atoms. The number of hydrogen-bond donors (Lipinski definition) is 0. The van der Waals surface area contributed by atoms with Gasteiger partial charge in [-0.3, -0.25) is 4.79 Å². The molecule has 0 radical (unpaired) electrons. The summed E-state index contributed by atoms with van der Waals surface area (Å²) in [5, 5.41) is 3.95. The van der Waals surface area contributed by atoms with E-state index in [0.29, 0.717) is 18.3 Å². The Balaban J connectivity index is 2.85. The Morgan fingerprint density at radius 2 is 2.00 bits per heavy atom. The highest BCUT2D eigenvalue weighted by molar-refractivity contribution is 5.81. The lowest BCUT2D eigenvalue weighted by Crippen LogP contribution is -2.22. The normalized spacial score (nSPS) is 13.8. The van der Waals surface area contributed by atoms with Crippen LogP contribution in [-0.4, -0.2) is 22.5 Å². The first-order valence-corrected chi connectivity index (χ1v) is 6.72. The Hall–Kier alpha value is -1.23. The van der Waals surface area contributed by atoms with Crippen LogP contribution in [-0.2, 0) is 16.0 Å². The Morgan fingerprint density at radius 3 is 2.47 bits per heavy atom. The first-order chi connectivity index (χ1) is 8.75. The molecule has 0 saturated carbocycles. The zero-order valence-corrected chi connectivity index (χ0v) is 12.7. The SMILES string of the molecule is CCOC(c1noc(CC(=O)C(C)C)n1)C(C)(C)C. The first kappa shape index (κ1) is 15.8. The van der Waals surface area contributed by atoms with Crippen LogP contribution in [0.25, 0.3) is 0 Å². The molecule has 1 aromatic heterocycles. The molecule has 0 saturated heterocycles. The van der Waals surface area contributed by atoms with Gasteiger partial charge < -0.3 is 9.26 Å². The van der Waals surface area contributed by atoms with E-state index in [1.165, 1.54) is 0 Å². The summed E-state index contributed by atoms with van der Waals surface area (Å²) in [6, 6.07) is 0. The molecule has 1 rings (SSSR count). The minimum Gasteiger partial charge on any atom is -0.370 e. The van der Waals surface area contributed by atoms with Crippen molar-refractivity contribution in [1.29, 1.82) is 0 Å². The lowest BCUT2D eigenvalue weighted by Gasteiger charge is -2.27. The molecule has 5 nitrogen and oxygen atoms in total. The van der Waals surface area contributed by atoms with E-state index in [-0.39, 0.29) is 29.6 Å². The van der Waals surface area contributed by atoms with Crippen molar-refractivity contribution < 1.29 is 14.1 Å². The summed E-state index contributed by atoms with van der Waals surface area (Å²) < 4.78 is 10.8. The fourth-order valence-electron chi connectivity index (χ4n) is 1.68. The van der Waals surface area contributed by atoms with E-state index in [1.807, 2.05) is 20.8 Å². The predicted molar refractivity (Wildman–Crippen MR) is 71.7 cm³/mol. The van der Waals surface area contributed by atoms with Gasteiger partial charge in [0.1, 0.15) is 11.9 Å². The zero-order chi connectivity index (χ0) is 14.6. The standard InChI is InChI=1S/C14H24N2O3/c1-7-18-12(14(4,5)6)13-15-11(19-16-13)8-10(17)9(2)3/h9,12H,7-8H2,1-6H3. The minimum atomic E-state index is -0.232. The van der Waals surface area contributed by atoms with Crippen LogP contribution in [0.15, 0.2) is 4.52 Å². The van der Waals surface area contributed by atoms with Gasteiger partial charge in [0.15, 0.2) is 0 Å². The number of ketones is 1. The smallest absolute Gasteiger partial charge is 0.234 e. The van der Waals surface area contributed by atoms with Crippen molar-refractivity contribution in [1.82, 2.24) is 10.1 Å². The van der Waals surface area contributed by atoms with Crippen LogP contribution >= 0.6 is 0 Å². The number of carbonyl (C=O) groups is 1. The third kappa shape index (κ3) is 4.42. The topological polar surface area (TPSA) is 65.2 Å². The van der Waals surface area contributed by atoms with Crippen molar-refractivity contribution in [2.75, 3.05) is 6.61 Å². The molecule has 0 N–H and O–H groups in total. The highest BCUT2D eigenvalue weighted by Crippen LogP contribution is 2.34. The monoisotopic (exact) mass is 268 g/mol. The molecule has 0 aliphatic heterocycles. The van der Waals surface area contributed by atoms with Crippen LogP contribution < -0.4 is 0 Å². The van der Waals surface area contributed by atoms with Gasteiger partial charge in [0.25, 0.3) is 0 Å². The van der Waals surface area contributed by atoms with Crippen LogP contribution in [0.2, 0.25) is 0 Å². The number of Topliss-reactive ketones (excluding diaryl/α,β-unsaturated/α-hetero) is 1. The second-order valence-corrected chi connectivity index (χ2v) is 6.05. The van der Waals surface area contributed by atoms with E-state index in [4.69, 9.17) is 9.26 Å². The average molecular weight is 268 g/mol. The lowest BCUT2D eigenvalue weighted by molar-refractivity contribution is -0.121. The Bertz CT molecular complexity index is 419. The van der Waals surface area contributed by atoms with Gasteiger partial charge in [0.05, 0.1) is 6.42 Å². The van der Waals surface area contributed by atoms with Crippen LogP contribution in [0.5, 0.6) is 0 Å². The molecule has 0 aliphatic rings. The van der Waals surface area contributed by atoms with Crippen LogP contribution in [0, 0.1) is 11.3 Å². The van der Waals surface area contributed by atoms with Crippen LogP contribution in [0.1, 0.15) is 59.4 Å². The number of nitrogens with zero attached hydrogens (tertiary/aromatic N) is 2. The third-order valence-corrected chi connectivity index (χ3v) is 2.81. The van der Waals surface area contributed by atoms with E-state index < -0.39 is 0 Å². The summed E-state index contributed by atoms with van der Waals surface area (Å²) in [6.07, 6.45) is -0.0441. The van der Waals surface area contributed by atoms with Gasteiger partial charge in [0, 0.05) is 12.5 Å². The Kier molecular flexibility index (Phi) is 5.23. The molecule has 0 aromatic carbocycles. The first-order valence-electron chi connectivity index (χ1n) is 6.72. The third-order valence-electron chi connectivity index (χ3n) is 2.81. The predicted octanol–water partition coefficient (Wildman–Crippen LogP) is 2.96. The van der Waals surface area contributed by atoms with E-state index in [0.717, 1.165) is 0 Å². The van der Waals surface area contributed by atoms with E-state index in [9.17, 15) is 4.79 Å². The quantitative estimate of drug-likeness (QED) is 0.793. The van der Waals surface area contributed by atoms with Gasteiger partial charge in [0.2, 0.25) is 11.7 Å². The zero-order valence-electron chi connectivity index (χ0n) is 12.7. The van der Waals surface area contributed by atoms with Gasteiger partial charge in [-0.25, -0.2) is 0 Å². The highest BCUT2D eigenvalue weighted by atomic mass is 16.5. The van der Waals surface area contributed by atoms with Gasteiger partial charge >= 0.3 is 0 Å². The van der Waals surface area contributed by atoms with Crippen molar-refractivity contribution in [3.05, 3.63) is 11.7 Å². The average Bonchev–Trinajstić information content (AvgIpc) is 2.72. The Morgan fingerprint density at radius 1 is 1.37 bits per heavy atom. The fourth-order valence-corrected chi connectivity index (χ4v) is 1.68. The molecule has 0 spiro atoms. The second-order valence-electron chi connectivity index (χ2n) is 6.05. The van der Waals surface area contributed by atoms with Crippen molar-refractivity contribution in [2.24, 2.45) is 11.3 Å². The molecule has 0 amide bonds. The summed E-state index contributed by atoms with van der Waals surface area (Å²) >= 11 is 0. The molecule has 1 unspecified atom stereocenters. The van der Waals surface area contributed by atoms with E-state index >= 15 is 0 Å². The molecule has 0 aliphatic carbocycles. The molecule has 1 heterocycles. The molecule has 0 fully saturated rings. The molecule has 1 aromatic rings. The van der Waals surface area contributed by atoms with E-state index in [2.05, 4.69) is 30.9 Å². The van der Waals surface area contributed by atoms with Gasteiger partial charge in [-0.15, -0.1) is 0 Å². The van der Waals surface area contributed by atoms with Gasteiger partial charge in [-0.05, 0) is 12.3 Å². The summed E-state index contributed by atoms with van der Waals surface area (Å²) in [6.45, 7) is 12.4.